The Morgan fingerprint density at radius 3 is 1.30 bits per heavy atom. The summed E-state index contributed by atoms with van der Waals surface area (Å²) >= 11 is 0. The van der Waals surface area contributed by atoms with Crippen LogP contribution in [0.4, 0.5) is 9.59 Å². The van der Waals surface area contributed by atoms with Gasteiger partial charge in [-0.25, -0.2) is 9.59 Å². The minimum Gasteiger partial charge on any atom is -0.444 e. The molecule has 0 fully saturated rings. The van der Waals surface area contributed by atoms with Gasteiger partial charge >= 0.3 is 12.2 Å². The van der Waals surface area contributed by atoms with Gasteiger partial charge < -0.3 is 30.7 Å². The first-order valence-electron chi connectivity index (χ1n) is 11.2. The van der Waals surface area contributed by atoms with Crippen LogP contribution >= 0.6 is 0 Å². The Morgan fingerprint density at radius 1 is 0.667 bits per heavy atom. The van der Waals surface area contributed by atoms with Crippen molar-refractivity contribution in [1.82, 2.24) is 21.3 Å². The van der Waals surface area contributed by atoms with E-state index < -0.39 is 11.2 Å². The number of rotatable bonds is 13. The van der Waals surface area contributed by atoms with Crippen LogP contribution in [0, 0.1) is 0 Å². The zero-order chi connectivity index (χ0) is 23.2. The molecule has 0 saturated carbocycles. The van der Waals surface area contributed by atoms with Crippen molar-refractivity contribution in [2.75, 3.05) is 26.2 Å². The molecule has 8 nitrogen and oxygen atoms in total. The van der Waals surface area contributed by atoms with Crippen LogP contribution in [-0.2, 0) is 9.47 Å². The first-order valence-corrected chi connectivity index (χ1v) is 11.2. The molecule has 0 rings (SSSR count). The van der Waals surface area contributed by atoms with Crippen molar-refractivity contribution in [3.63, 3.8) is 0 Å². The lowest BCUT2D eigenvalue weighted by Gasteiger charge is -2.22. The predicted octanol–water partition coefficient (Wildman–Crippen LogP) is 3.55. The first kappa shape index (κ1) is 28.5. The Morgan fingerprint density at radius 2 is 1.00 bits per heavy atom. The fourth-order valence-electron chi connectivity index (χ4n) is 2.55. The summed E-state index contributed by atoms with van der Waals surface area (Å²) in [6.45, 7) is 18.7. The quantitative estimate of drug-likeness (QED) is 0.333. The number of unbranched alkanes of at least 4 members (excludes halogenated alkanes) is 1. The zero-order valence-electron chi connectivity index (χ0n) is 20.4. The largest absolute Gasteiger partial charge is 0.444 e. The van der Waals surface area contributed by atoms with Crippen molar-refractivity contribution in [3.8, 4) is 0 Å². The number of alkyl carbamates (subject to hydrolysis) is 2. The van der Waals surface area contributed by atoms with Crippen LogP contribution in [0.5, 0.6) is 0 Å². The molecule has 0 spiro atoms. The maximum absolute atomic E-state index is 11.7. The Labute approximate surface area is 183 Å². The highest BCUT2D eigenvalue weighted by molar-refractivity contribution is 5.68. The second-order valence-electron chi connectivity index (χ2n) is 9.88. The highest BCUT2D eigenvalue weighted by Crippen LogP contribution is 2.07. The second-order valence-corrected chi connectivity index (χ2v) is 9.88. The van der Waals surface area contributed by atoms with Crippen LogP contribution in [0.2, 0.25) is 0 Å². The minimum absolute atomic E-state index is 0.0743. The average Bonchev–Trinajstić information content (AvgIpc) is 2.52. The predicted molar refractivity (Wildman–Crippen MR) is 122 cm³/mol. The molecule has 0 aromatic rings. The second kappa shape index (κ2) is 14.5. The molecule has 30 heavy (non-hydrogen) atoms. The fourth-order valence-corrected chi connectivity index (χ4v) is 2.55. The molecular formula is C22H46N4O4. The molecule has 4 N–H and O–H groups in total. The molecule has 0 bridgehead atoms. The number of carbonyl (C=O) groups is 2. The van der Waals surface area contributed by atoms with Crippen molar-refractivity contribution in [1.29, 1.82) is 0 Å². The highest BCUT2D eigenvalue weighted by Gasteiger charge is 2.18. The summed E-state index contributed by atoms with van der Waals surface area (Å²) in [6, 6.07) is 0.149. The van der Waals surface area contributed by atoms with E-state index in [1.165, 1.54) is 0 Å². The standard InChI is InChI=1S/C22H46N4O4/c1-17(25-19(27)29-21(3,4)5)11-15-23-13-9-10-14-24-16-12-18(2)26-20(28)30-22(6,7)8/h17-18,23-24H,9-16H2,1-8H3,(H,25,27)(H,26,28). The van der Waals surface area contributed by atoms with Gasteiger partial charge in [-0.3, -0.25) is 0 Å². The third-order valence-electron chi connectivity index (χ3n) is 3.99. The van der Waals surface area contributed by atoms with Gasteiger partial charge in [0, 0.05) is 12.1 Å². The number of carbonyl (C=O) groups excluding carboxylic acids is 2. The van der Waals surface area contributed by atoms with Crippen molar-refractivity contribution in [2.45, 2.75) is 104 Å². The molecule has 0 aliphatic carbocycles. The topological polar surface area (TPSA) is 101 Å². The van der Waals surface area contributed by atoms with Crippen molar-refractivity contribution in [3.05, 3.63) is 0 Å². The summed E-state index contributed by atoms with van der Waals surface area (Å²) in [6.07, 6.45) is 3.17. The molecule has 0 aliphatic rings. The van der Waals surface area contributed by atoms with Crippen LogP contribution in [0.15, 0.2) is 0 Å². The van der Waals surface area contributed by atoms with Crippen molar-refractivity contribution in [2.24, 2.45) is 0 Å². The van der Waals surface area contributed by atoms with Crippen LogP contribution in [0.1, 0.15) is 81.1 Å². The normalized spacial score (nSPS) is 14.0. The summed E-state index contributed by atoms with van der Waals surface area (Å²) in [5, 5.41) is 12.5. The smallest absolute Gasteiger partial charge is 0.407 e. The zero-order valence-corrected chi connectivity index (χ0v) is 20.4. The van der Waals surface area contributed by atoms with Gasteiger partial charge in [0.25, 0.3) is 0 Å². The molecule has 2 amide bonds. The summed E-state index contributed by atoms with van der Waals surface area (Å²) in [4.78, 5) is 23.4. The maximum atomic E-state index is 11.7. The van der Waals surface area contributed by atoms with E-state index >= 15 is 0 Å². The molecule has 0 radical (unpaired) electrons. The van der Waals surface area contributed by atoms with Crippen molar-refractivity contribution >= 4 is 12.2 Å². The summed E-state index contributed by atoms with van der Waals surface area (Å²) in [5.74, 6) is 0. The molecule has 2 unspecified atom stereocenters. The van der Waals surface area contributed by atoms with E-state index in [-0.39, 0.29) is 24.3 Å². The number of hydrogen-bond donors (Lipinski definition) is 4. The SMILES string of the molecule is CC(CCNCCCCNCCC(C)NC(=O)OC(C)(C)C)NC(=O)OC(C)(C)C. The summed E-state index contributed by atoms with van der Waals surface area (Å²) < 4.78 is 10.5. The van der Waals surface area contributed by atoms with Gasteiger partial charge in [0.05, 0.1) is 0 Å². The van der Waals surface area contributed by atoms with Gasteiger partial charge in [0.15, 0.2) is 0 Å². The van der Waals surface area contributed by atoms with E-state index in [1.54, 1.807) is 0 Å². The monoisotopic (exact) mass is 430 g/mol. The van der Waals surface area contributed by atoms with Crippen LogP contribution in [0.3, 0.4) is 0 Å². The van der Waals surface area contributed by atoms with E-state index in [2.05, 4.69) is 21.3 Å². The van der Waals surface area contributed by atoms with Crippen molar-refractivity contribution < 1.29 is 19.1 Å². The Kier molecular flexibility index (Phi) is 13.7. The van der Waals surface area contributed by atoms with Gasteiger partial charge in [0.2, 0.25) is 0 Å². The van der Waals surface area contributed by atoms with Gasteiger partial charge in [-0.1, -0.05) is 0 Å². The molecule has 8 heteroatoms. The van der Waals surface area contributed by atoms with Crippen LogP contribution < -0.4 is 21.3 Å². The summed E-state index contributed by atoms with van der Waals surface area (Å²) in [7, 11) is 0. The van der Waals surface area contributed by atoms with Gasteiger partial charge in [-0.15, -0.1) is 0 Å². The lowest BCUT2D eigenvalue weighted by molar-refractivity contribution is 0.0494. The fraction of sp³-hybridized carbons (Fsp3) is 0.909. The lowest BCUT2D eigenvalue weighted by atomic mass is 10.2. The lowest BCUT2D eigenvalue weighted by Crippen LogP contribution is -2.39. The maximum Gasteiger partial charge on any atom is 0.407 e. The molecule has 0 heterocycles. The number of amides is 2. The first-order chi connectivity index (χ1) is 13.8. The summed E-state index contributed by atoms with van der Waals surface area (Å²) in [5.41, 5.74) is -0.939. The van der Waals surface area contributed by atoms with E-state index in [9.17, 15) is 9.59 Å². The minimum atomic E-state index is -0.470. The highest BCUT2D eigenvalue weighted by atomic mass is 16.6. The molecule has 2 atom stereocenters. The van der Waals surface area contributed by atoms with Gasteiger partial charge in [0.1, 0.15) is 11.2 Å². The van der Waals surface area contributed by atoms with Crippen LogP contribution in [0.25, 0.3) is 0 Å². The number of ether oxygens (including phenoxy) is 2. The number of nitrogens with one attached hydrogen (secondary N) is 4. The van der Waals surface area contributed by atoms with E-state index in [4.69, 9.17) is 9.47 Å². The molecular weight excluding hydrogens is 384 g/mol. The molecule has 178 valence electrons. The van der Waals surface area contributed by atoms with E-state index in [0.717, 1.165) is 51.9 Å². The molecule has 0 saturated heterocycles. The Hall–Kier alpha value is -1.54. The third kappa shape index (κ3) is 19.8. The van der Waals surface area contributed by atoms with Gasteiger partial charge in [-0.2, -0.15) is 0 Å². The van der Waals surface area contributed by atoms with E-state index in [0.29, 0.717) is 0 Å². The average molecular weight is 431 g/mol. The Bertz CT molecular complexity index is 443. The molecule has 0 aromatic heterocycles. The molecule has 0 aliphatic heterocycles. The molecule has 0 aromatic carbocycles. The van der Waals surface area contributed by atoms with E-state index in [1.807, 2.05) is 55.4 Å². The van der Waals surface area contributed by atoms with Gasteiger partial charge in [-0.05, 0) is 107 Å². The van der Waals surface area contributed by atoms with Crippen LogP contribution in [-0.4, -0.2) is 61.7 Å². The third-order valence-corrected chi connectivity index (χ3v) is 3.99. The number of hydrogen-bond acceptors (Lipinski definition) is 6. The Balaban J connectivity index is 3.54.